The quantitative estimate of drug-likeness (QED) is 0.394. The predicted octanol–water partition coefficient (Wildman–Crippen LogP) is 4.82. The molecule has 3 N–H and O–H groups in total. The number of carbonyl (C=O) groups is 3. The van der Waals surface area contributed by atoms with Crippen molar-refractivity contribution >= 4 is 35.2 Å². The second-order valence-electron chi connectivity index (χ2n) is 9.94. The molecule has 38 heavy (non-hydrogen) atoms. The summed E-state index contributed by atoms with van der Waals surface area (Å²) in [6, 6.07) is 8.99. The van der Waals surface area contributed by atoms with Crippen LogP contribution in [0.25, 0.3) is 0 Å². The Kier molecular flexibility index (Phi) is 10.7. The zero-order valence-corrected chi connectivity index (χ0v) is 23.4. The van der Waals surface area contributed by atoms with Gasteiger partial charge in [-0.2, -0.15) is 0 Å². The van der Waals surface area contributed by atoms with E-state index in [1.807, 2.05) is 6.92 Å². The van der Waals surface area contributed by atoms with Gasteiger partial charge in [0.15, 0.2) is 0 Å². The van der Waals surface area contributed by atoms with Gasteiger partial charge in [0.2, 0.25) is 5.91 Å². The molecule has 204 valence electrons. The fraction of sp³-hybridized carbons (Fsp3) is 0.414. The molecule has 3 amide bonds. The van der Waals surface area contributed by atoms with E-state index in [0.29, 0.717) is 28.3 Å². The molecule has 2 aromatic rings. The molecular weight excluding hydrogens is 506 g/mol. The van der Waals surface area contributed by atoms with Gasteiger partial charge in [-0.25, -0.2) is 4.79 Å². The Morgan fingerprint density at radius 2 is 1.82 bits per heavy atom. The summed E-state index contributed by atoms with van der Waals surface area (Å²) >= 11 is 6.38. The first-order valence-corrected chi connectivity index (χ1v) is 12.8. The Balaban J connectivity index is 2.62. The third-order valence-corrected chi connectivity index (χ3v) is 6.21. The number of benzene rings is 2. The van der Waals surface area contributed by atoms with Gasteiger partial charge in [-0.1, -0.05) is 54.8 Å². The first-order chi connectivity index (χ1) is 17.8. The summed E-state index contributed by atoms with van der Waals surface area (Å²) in [5, 5.41) is 15.7. The molecule has 0 fully saturated rings. The number of aliphatic hydroxyl groups is 1. The fourth-order valence-corrected chi connectivity index (χ4v) is 4.15. The van der Waals surface area contributed by atoms with Crippen LogP contribution in [0.15, 0.2) is 42.5 Å². The summed E-state index contributed by atoms with van der Waals surface area (Å²) in [6.45, 7) is 9.78. The van der Waals surface area contributed by atoms with Crippen molar-refractivity contribution in [2.75, 3.05) is 11.9 Å². The van der Waals surface area contributed by atoms with E-state index in [-0.39, 0.29) is 0 Å². The molecule has 0 radical (unpaired) electrons. The Hall–Kier alpha value is -3.54. The van der Waals surface area contributed by atoms with Crippen molar-refractivity contribution in [3.05, 3.63) is 64.2 Å². The Bertz CT molecular complexity index is 1180. The minimum atomic E-state index is -1.37. The number of anilines is 1. The zero-order chi connectivity index (χ0) is 28.6. The summed E-state index contributed by atoms with van der Waals surface area (Å²) in [6.07, 6.45) is 5.37. The van der Waals surface area contributed by atoms with Crippen molar-refractivity contribution < 1.29 is 24.2 Å². The summed E-state index contributed by atoms with van der Waals surface area (Å²) in [4.78, 5) is 41.7. The zero-order valence-electron chi connectivity index (χ0n) is 22.7. The monoisotopic (exact) mass is 541 g/mol. The Morgan fingerprint density at radius 3 is 2.37 bits per heavy atom. The lowest BCUT2D eigenvalue weighted by molar-refractivity contribution is -0.144. The number of para-hydroxylation sites is 1. The molecule has 0 aliphatic carbocycles. The largest absolute Gasteiger partial charge is 0.444 e. The maximum absolute atomic E-state index is 14.0. The van der Waals surface area contributed by atoms with Crippen LogP contribution < -0.4 is 10.6 Å². The lowest BCUT2D eigenvalue weighted by Gasteiger charge is -2.38. The van der Waals surface area contributed by atoms with Crippen LogP contribution in [0.1, 0.15) is 63.8 Å². The van der Waals surface area contributed by atoms with E-state index in [9.17, 15) is 19.5 Å². The lowest BCUT2D eigenvalue weighted by Crippen LogP contribution is -2.56. The SMILES string of the molecule is C#Cc1ccccc1C(C(=O)Nc1c(C)cccc1Cl)N(C(=O)C(CO)NC(=O)OC(C)(C)C)C(C)CC. The normalized spacial score (nSPS) is 13.4. The number of nitrogens with zero attached hydrogens (tertiary/aromatic N) is 1. The number of nitrogens with one attached hydrogen (secondary N) is 2. The van der Waals surface area contributed by atoms with E-state index in [0.717, 1.165) is 5.56 Å². The molecule has 3 unspecified atom stereocenters. The minimum Gasteiger partial charge on any atom is -0.444 e. The van der Waals surface area contributed by atoms with E-state index < -0.39 is 48.2 Å². The summed E-state index contributed by atoms with van der Waals surface area (Å²) in [7, 11) is 0. The second kappa shape index (κ2) is 13.3. The van der Waals surface area contributed by atoms with Gasteiger partial charge in [-0.3, -0.25) is 9.59 Å². The number of aryl methyl sites for hydroxylation is 1. The Labute approximate surface area is 229 Å². The van der Waals surface area contributed by atoms with Crippen LogP contribution in [0, 0.1) is 19.3 Å². The molecule has 0 heterocycles. The number of rotatable bonds is 9. The van der Waals surface area contributed by atoms with E-state index >= 15 is 0 Å². The highest BCUT2D eigenvalue weighted by Crippen LogP contribution is 2.32. The van der Waals surface area contributed by atoms with Gasteiger partial charge in [0.05, 0.1) is 17.3 Å². The molecule has 0 saturated heterocycles. The number of hydrogen-bond acceptors (Lipinski definition) is 5. The average Bonchev–Trinajstić information content (AvgIpc) is 2.86. The van der Waals surface area contributed by atoms with Crippen LogP contribution >= 0.6 is 11.6 Å². The molecule has 0 aliphatic rings. The number of hydrogen-bond donors (Lipinski definition) is 3. The number of amides is 3. The van der Waals surface area contributed by atoms with Gasteiger partial charge < -0.3 is 25.4 Å². The molecule has 0 aliphatic heterocycles. The van der Waals surface area contributed by atoms with Crippen LogP contribution in [0.2, 0.25) is 5.02 Å². The van der Waals surface area contributed by atoms with Gasteiger partial charge >= 0.3 is 6.09 Å². The van der Waals surface area contributed by atoms with E-state index in [4.69, 9.17) is 22.8 Å². The van der Waals surface area contributed by atoms with Crippen LogP contribution in [0.5, 0.6) is 0 Å². The van der Waals surface area contributed by atoms with Crippen molar-refractivity contribution in [1.82, 2.24) is 10.2 Å². The third kappa shape index (κ3) is 7.73. The number of carbonyl (C=O) groups excluding carboxylic acids is 3. The van der Waals surface area contributed by atoms with Gasteiger partial charge in [0.25, 0.3) is 5.91 Å². The highest BCUT2D eigenvalue weighted by molar-refractivity contribution is 6.34. The van der Waals surface area contributed by atoms with Crippen molar-refractivity contribution in [2.24, 2.45) is 0 Å². The number of aliphatic hydroxyl groups excluding tert-OH is 1. The van der Waals surface area contributed by atoms with Crippen molar-refractivity contribution in [3.63, 3.8) is 0 Å². The Morgan fingerprint density at radius 1 is 1.16 bits per heavy atom. The lowest BCUT2D eigenvalue weighted by atomic mass is 9.95. The molecule has 9 heteroatoms. The van der Waals surface area contributed by atoms with E-state index in [1.54, 1.807) is 77.1 Å². The van der Waals surface area contributed by atoms with Gasteiger partial charge in [-0.15, -0.1) is 6.42 Å². The molecular formula is C29H36ClN3O5. The number of halogens is 1. The van der Waals surface area contributed by atoms with Crippen LogP contribution in [0.3, 0.4) is 0 Å². The number of ether oxygens (including phenoxy) is 1. The highest BCUT2D eigenvalue weighted by Gasteiger charge is 2.39. The fourth-order valence-electron chi connectivity index (χ4n) is 3.88. The van der Waals surface area contributed by atoms with Gasteiger partial charge in [0.1, 0.15) is 17.7 Å². The number of terminal acetylenes is 1. The highest BCUT2D eigenvalue weighted by atomic mass is 35.5. The first kappa shape index (κ1) is 30.7. The van der Waals surface area contributed by atoms with Crippen LogP contribution in [0.4, 0.5) is 10.5 Å². The smallest absolute Gasteiger partial charge is 0.408 e. The summed E-state index contributed by atoms with van der Waals surface area (Å²) < 4.78 is 5.27. The topological polar surface area (TPSA) is 108 Å². The molecule has 2 aromatic carbocycles. The molecule has 0 spiro atoms. The van der Waals surface area contributed by atoms with Gasteiger partial charge in [0, 0.05) is 11.6 Å². The van der Waals surface area contributed by atoms with E-state index in [1.165, 1.54) is 4.90 Å². The maximum atomic E-state index is 14.0. The van der Waals surface area contributed by atoms with Crippen molar-refractivity contribution in [3.8, 4) is 12.3 Å². The molecule has 3 atom stereocenters. The first-order valence-electron chi connectivity index (χ1n) is 12.4. The predicted molar refractivity (Wildman–Crippen MR) is 149 cm³/mol. The molecule has 8 nitrogen and oxygen atoms in total. The van der Waals surface area contributed by atoms with Gasteiger partial charge in [-0.05, 0) is 64.3 Å². The van der Waals surface area contributed by atoms with Crippen molar-refractivity contribution in [1.29, 1.82) is 0 Å². The van der Waals surface area contributed by atoms with Crippen LogP contribution in [-0.2, 0) is 14.3 Å². The minimum absolute atomic E-state index is 0.337. The maximum Gasteiger partial charge on any atom is 0.408 e. The summed E-state index contributed by atoms with van der Waals surface area (Å²) in [5.41, 5.74) is 1.16. The second-order valence-corrected chi connectivity index (χ2v) is 10.3. The molecule has 0 bridgehead atoms. The number of alkyl carbamates (subject to hydrolysis) is 1. The third-order valence-electron chi connectivity index (χ3n) is 5.90. The molecule has 0 saturated carbocycles. The standard InChI is InChI=1S/C29H36ClN3O5/c1-8-19(4)33(27(36)23(17-34)31-28(37)38-29(5,6)7)25(21-15-11-10-14-20(21)9-2)26(35)32-24-18(3)13-12-16-22(24)30/h2,10-16,19,23,25,34H,8,17H2,1,3-7H3,(H,31,37)(H,32,35). The van der Waals surface area contributed by atoms with E-state index in [2.05, 4.69) is 16.6 Å². The van der Waals surface area contributed by atoms with Crippen molar-refractivity contribution in [2.45, 2.75) is 71.7 Å². The van der Waals surface area contributed by atoms with Crippen LogP contribution in [-0.4, -0.2) is 52.2 Å². The molecule has 0 aromatic heterocycles. The molecule has 2 rings (SSSR count). The average molecular weight is 542 g/mol. The summed E-state index contributed by atoms with van der Waals surface area (Å²) in [5.74, 6) is 1.37.